The van der Waals surface area contributed by atoms with Gasteiger partial charge in [-0.25, -0.2) is 0 Å². The van der Waals surface area contributed by atoms with Crippen LogP contribution in [-0.4, -0.2) is 15.5 Å². The van der Waals surface area contributed by atoms with Gasteiger partial charge in [0.2, 0.25) is 0 Å². The zero-order valence-electron chi connectivity index (χ0n) is 39.4. The highest BCUT2D eigenvalue weighted by molar-refractivity contribution is 5.87. The monoisotopic (exact) mass is 882 g/mol. The first-order valence-electron chi connectivity index (χ1n) is 26.0. The topological polar surface area (TPSA) is 8.17 Å². The van der Waals surface area contributed by atoms with E-state index in [1.807, 2.05) is 0 Å². The number of para-hydroxylation sites is 1. The number of hydrogen-bond acceptors (Lipinski definition) is 1. The summed E-state index contributed by atoms with van der Waals surface area (Å²) in [5, 5.41) is 4.07. The summed E-state index contributed by atoms with van der Waals surface area (Å²) in [6.45, 7) is 0. The first kappa shape index (κ1) is 41.5. The van der Waals surface area contributed by atoms with Crippen molar-refractivity contribution in [1.82, 2.24) is 9.47 Å². The van der Waals surface area contributed by atoms with Crippen molar-refractivity contribution in [3.05, 3.63) is 237 Å². The van der Waals surface area contributed by atoms with Gasteiger partial charge >= 0.3 is 0 Å². The van der Waals surface area contributed by atoms with Gasteiger partial charge < -0.3 is 9.47 Å². The maximum Gasteiger partial charge on any atom is 0.0623 e. The van der Waals surface area contributed by atoms with E-state index in [2.05, 4.69) is 198 Å². The highest BCUT2D eigenvalue weighted by Gasteiger charge is 2.41. The molecule has 1 aromatic heterocycles. The van der Waals surface area contributed by atoms with Crippen molar-refractivity contribution < 1.29 is 0 Å². The van der Waals surface area contributed by atoms with Gasteiger partial charge in [0.25, 0.3) is 0 Å². The van der Waals surface area contributed by atoms with Crippen LogP contribution in [0.5, 0.6) is 0 Å². The average Bonchev–Trinajstić information content (AvgIpc) is 3.94. The van der Waals surface area contributed by atoms with Gasteiger partial charge in [0.05, 0.1) is 11.6 Å². The normalized spacial score (nSPS) is 25.9. The molecule has 13 rings (SSSR count). The maximum absolute atomic E-state index is 2.76. The van der Waals surface area contributed by atoms with Crippen molar-refractivity contribution in [2.75, 3.05) is 0 Å². The molecule has 5 atom stereocenters. The molecular formula is C66H62N2. The van der Waals surface area contributed by atoms with E-state index in [4.69, 9.17) is 0 Å². The van der Waals surface area contributed by atoms with E-state index in [1.165, 1.54) is 101 Å². The van der Waals surface area contributed by atoms with Gasteiger partial charge in [0.1, 0.15) is 0 Å². The lowest BCUT2D eigenvalue weighted by Gasteiger charge is -2.35. The third-order valence-electron chi connectivity index (χ3n) is 16.5. The van der Waals surface area contributed by atoms with E-state index >= 15 is 0 Å². The molecule has 2 heteroatoms. The molecule has 0 spiro atoms. The second-order valence-corrected chi connectivity index (χ2v) is 20.5. The van der Waals surface area contributed by atoms with Crippen LogP contribution in [0.1, 0.15) is 123 Å². The number of rotatable bonds is 8. The molecule has 8 aliphatic carbocycles. The van der Waals surface area contributed by atoms with E-state index in [0.29, 0.717) is 29.7 Å². The Labute approximate surface area is 403 Å². The fourth-order valence-corrected chi connectivity index (χ4v) is 12.9. The Hall–Kier alpha value is -6.64. The Kier molecular flexibility index (Phi) is 10.9. The van der Waals surface area contributed by atoms with Crippen LogP contribution in [-0.2, 0) is 0 Å². The summed E-state index contributed by atoms with van der Waals surface area (Å²) in [4.78, 5) is 2.76. The van der Waals surface area contributed by atoms with Gasteiger partial charge in [0.15, 0.2) is 0 Å². The Bertz CT molecular complexity index is 3290. The van der Waals surface area contributed by atoms with Gasteiger partial charge in [-0.2, -0.15) is 0 Å². The first-order valence-corrected chi connectivity index (χ1v) is 26.0. The van der Waals surface area contributed by atoms with Crippen LogP contribution in [0.15, 0.2) is 199 Å². The highest BCUT2D eigenvalue weighted by atomic mass is 15.2. The van der Waals surface area contributed by atoms with Crippen LogP contribution in [0.3, 0.4) is 0 Å². The van der Waals surface area contributed by atoms with Gasteiger partial charge in [-0.1, -0.05) is 164 Å². The van der Waals surface area contributed by atoms with Crippen molar-refractivity contribution in [3.63, 3.8) is 0 Å². The second kappa shape index (κ2) is 17.8. The van der Waals surface area contributed by atoms with Crippen LogP contribution in [0.25, 0.3) is 45.5 Å². The first-order chi connectivity index (χ1) is 33.7. The zero-order chi connectivity index (χ0) is 45.0. The molecule has 0 fully saturated rings. The summed E-state index contributed by atoms with van der Waals surface area (Å²) in [6, 6.07) is 26.1. The van der Waals surface area contributed by atoms with Crippen molar-refractivity contribution in [2.45, 2.75) is 101 Å². The van der Waals surface area contributed by atoms with Gasteiger partial charge in [-0.05, 0) is 169 Å². The van der Waals surface area contributed by atoms with Crippen molar-refractivity contribution in [3.8, 4) is 0 Å². The molecule has 0 radical (unpaired) electrons. The van der Waals surface area contributed by atoms with E-state index < -0.39 is 0 Å². The number of allylic oxidation sites excluding steroid dienone is 23. The summed E-state index contributed by atoms with van der Waals surface area (Å²) in [5.41, 5.74) is 19.9. The smallest absolute Gasteiger partial charge is 0.0623 e. The molecule has 0 saturated carbocycles. The largest absolute Gasteiger partial charge is 0.341 e. The number of hydrogen-bond donors (Lipinski definition) is 0. The van der Waals surface area contributed by atoms with E-state index in [9.17, 15) is 0 Å². The van der Waals surface area contributed by atoms with Crippen LogP contribution in [0, 0.1) is 11.8 Å². The Morgan fingerprint density at radius 2 is 1.38 bits per heavy atom. The molecule has 5 unspecified atom stereocenters. The summed E-state index contributed by atoms with van der Waals surface area (Å²) < 4.78 is 2.53. The third kappa shape index (κ3) is 7.58. The molecule has 336 valence electrons. The van der Waals surface area contributed by atoms with Gasteiger partial charge in [-0.15, -0.1) is 0 Å². The number of aromatic nitrogens is 1. The quantitative estimate of drug-likeness (QED) is 0.160. The molecule has 4 aromatic rings. The van der Waals surface area contributed by atoms with Crippen molar-refractivity contribution >= 4 is 45.5 Å². The zero-order valence-corrected chi connectivity index (χ0v) is 39.4. The van der Waals surface area contributed by atoms with Crippen LogP contribution in [0.2, 0.25) is 0 Å². The molecule has 0 bridgehead atoms. The summed E-state index contributed by atoms with van der Waals surface area (Å²) in [7, 11) is 0. The van der Waals surface area contributed by atoms with Crippen LogP contribution in [0.4, 0.5) is 0 Å². The Balaban J connectivity index is 0.775. The highest BCUT2D eigenvalue weighted by Crippen LogP contribution is 2.48. The lowest BCUT2D eigenvalue weighted by molar-refractivity contribution is 0.342. The van der Waals surface area contributed by atoms with E-state index in [0.717, 1.165) is 70.6 Å². The maximum atomic E-state index is 2.76. The minimum atomic E-state index is 0.328. The molecule has 68 heavy (non-hydrogen) atoms. The predicted molar refractivity (Wildman–Crippen MR) is 287 cm³/mol. The minimum Gasteiger partial charge on any atom is -0.341 e. The third-order valence-corrected chi connectivity index (χ3v) is 16.5. The molecular weight excluding hydrogens is 821 g/mol. The van der Waals surface area contributed by atoms with Crippen LogP contribution >= 0.6 is 0 Å². The number of fused-ring (bicyclic) bond motifs is 5. The van der Waals surface area contributed by atoms with Crippen molar-refractivity contribution in [2.24, 2.45) is 11.8 Å². The second-order valence-electron chi connectivity index (χ2n) is 20.5. The Morgan fingerprint density at radius 1 is 0.544 bits per heavy atom. The summed E-state index contributed by atoms with van der Waals surface area (Å²) in [5.74, 6) is 1.70. The van der Waals surface area contributed by atoms with Crippen LogP contribution < -0.4 is 10.6 Å². The lowest BCUT2D eigenvalue weighted by atomic mass is 9.81. The van der Waals surface area contributed by atoms with E-state index in [1.54, 1.807) is 5.70 Å². The van der Waals surface area contributed by atoms with Crippen molar-refractivity contribution in [1.29, 1.82) is 0 Å². The predicted octanol–water partition coefficient (Wildman–Crippen LogP) is 15.3. The lowest BCUT2D eigenvalue weighted by Crippen LogP contribution is -2.35. The van der Waals surface area contributed by atoms with E-state index in [-0.39, 0.29) is 0 Å². The standard InChI is InChI=1S/C66H62N2/c1-4-15-45(16-5-1)50-21-14-22-51(39-50)48-27-33-57(34-28-48)67-63-25-12-10-23-59(63)61-43-52(31-37-65(61)67)53-32-38-66-62(44-53)60-24-11-13-26-64(60)68(66)58-35-29-49(30-36-58)56-41-54(46-17-6-2-7-18-46)40-55(42-56)47-19-8-3-9-20-47/h2,4,6,8,10-12,14-16,19-25,27,29,32-35,37-44,46,48,52,62,66H,1,3,5,7,9,13,17-18,26,28,30-31,36H2. The van der Waals surface area contributed by atoms with Gasteiger partial charge in [0, 0.05) is 50.8 Å². The number of benzene rings is 3. The number of nitrogens with zero attached hydrogens (tertiary/aromatic N) is 2. The molecule has 2 heterocycles. The Morgan fingerprint density at radius 3 is 2.19 bits per heavy atom. The van der Waals surface area contributed by atoms with Gasteiger partial charge in [-0.3, -0.25) is 0 Å². The average molecular weight is 883 g/mol. The fraction of sp³-hybridized carbons (Fsp3) is 0.273. The summed E-state index contributed by atoms with van der Waals surface area (Å²) in [6.07, 6.45) is 63.4. The SMILES string of the molecule is C1=CC(c2cccc(C3C=CC(n4c5c(c6ccccc64)=CC(C4=CC6C7=C(CCC=C7)N(C7=CC=C(c8cc(C9=CCCC=C9)cc(C9CC=CCC9)c8)CC7)C6C=C4)CC=5)=CC3)c2)=CCC1. The molecule has 9 aliphatic rings. The fourth-order valence-electron chi connectivity index (χ4n) is 12.9. The minimum absolute atomic E-state index is 0.328. The molecule has 2 nitrogen and oxygen atoms in total. The molecule has 1 aliphatic heterocycles. The molecule has 0 saturated heterocycles. The molecule has 0 amide bonds. The molecule has 3 aromatic carbocycles. The summed E-state index contributed by atoms with van der Waals surface area (Å²) >= 11 is 0. The molecule has 0 N–H and O–H groups in total.